The molecule has 0 saturated carbocycles. The van der Waals surface area contributed by atoms with Crippen molar-refractivity contribution in [3.8, 4) is 0 Å². The van der Waals surface area contributed by atoms with Gasteiger partial charge in [0.1, 0.15) is 0 Å². The number of amides is 1. The number of carbonyl (C=O) groups is 1. The fraction of sp³-hybridized carbons (Fsp3) is 0.412. The average molecular weight is 357 g/mol. The van der Waals surface area contributed by atoms with E-state index < -0.39 is 0 Å². The Morgan fingerprint density at radius 2 is 2.00 bits per heavy atom. The maximum absolute atomic E-state index is 12.5. The van der Waals surface area contributed by atoms with Gasteiger partial charge in [0.2, 0.25) is 11.9 Å². The van der Waals surface area contributed by atoms with E-state index in [0.717, 1.165) is 35.2 Å². The van der Waals surface area contributed by atoms with Crippen LogP contribution in [0.2, 0.25) is 0 Å². The van der Waals surface area contributed by atoms with Crippen molar-refractivity contribution < 1.29 is 9.53 Å². The van der Waals surface area contributed by atoms with E-state index in [1.54, 1.807) is 12.4 Å². The summed E-state index contributed by atoms with van der Waals surface area (Å²) in [7, 11) is 0. The van der Waals surface area contributed by atoms with Gasteiger partial charge in [0.05, 0.1) is 31.2 Å². The van der Waals surface area contributed by atoms with Gasteiger partial charge in [0.25, 0.3) is 0 Å². The van der Waals surface area contributed by atoms with Crippen molar-refractivity contribution in [2.24, 2.45) is 0 Å². The highest BCUT2D eigenvalue weighted by Crippen LogP contribution is 2.25. The molecule has 130 valence electrons. The molecule has 0 aromatic carbocycles. The minimum Gasteiger partial charge on any atom is -0.378 e. The molecule has 0 atom stereocenters. The number of thioether (sulfide) groups is 1. The first-order valence-corrected chi connectivity index (χ1v) is 9.26. The molecule has 1 fully saturated rings. The molecule has 0 N–H and O–H groups in total. The number of anilines is 1. The van der Waals surface area contributed by atoms with E-state index in [1.165, 1.54) is 11.8 Å². The first-order chi connectivity index (χ1) is 12.3. The molecule has 2 aromatic rings. The van der Waals surface area contributed by atoms with E-state index in [9.17, 15) is 4.79 Å². The van der Waals surface area contributed by atoms with E-state index in [0.29, 0.717) is 32.1 Å². The minimum absolute atomic E-state index is 0.118. The molecule has 0 aliphatic carbocycles. The van der Waals surface area contributed by atoms with Crippen molar-refractivity contribution in [1.82, 2.24) is 19.9 Å². The molecule has 0 bridgehead atoms. The van der Waals surface area contributed by atoms with E-state index in [2.05, 4.69) is 19.9 Å². The van der Waals surface area contributed by atoms with Crippen molar-refractivity contribution in [2.45, 2.75) is 18.0 Å². The number of carbonyl (C=O) groups excluding carboxylic acids is 1. The van der Waals surface area contributed by atoms with Crippen LogP contribution in [0, 0.1) is 0 Å². The van der Waals surface area contributed by atoms with Crippen LogP contribution >= 0.6 is 11.8 Å². The van der Waals surface area contributed by atoms with Crippen LogP contribution in [0.3, 0.4) is 0 Å². The third kappa shape index (κ3) is 3.74. The third-order valence-electron chi connectivity index (χ3n) is 4.30. The summed E-state index contributed by atoms with van der Waals surface area (Å²) in [5.41, 5.74) is 2.00. The standard InChI is InChI=1S/C17H19N5O2S/c23-16(12-25-14-1-3-18-4-2-14)22-10-13-9-19-17(20-15(13)11-22)21-5-7-24-8-6-21/h1-4,9H,5-8,10-12H2. The molecule has 8 heteroatoms. The summed E-state index contributed by atoms with van der Waals surface area (Å²) in [6.07, 6.45) is 5.33. The molecule has 1 saturated heterocycles. The Labute approximate surface area is 150 Å². The topological polar surface area (TPSA) is 71.5 Å². The summed E-state index contributed by atoms with van der Waals surface area (Å²) in [5, 5.41) is 0. The number of aromatic nitrogens is 3. The van der Waals surface area contributed by atoms with Crippen LogP contribution in [0.5, 0.6) is 0 Å². The van der Waals surface area contributed by atoms with Crippen LogP contribution in [0.15, 0.2) is 35.6 Å². The van der Waals surface area contributed by atoms with Crippen molar-refractivity contribution >= 4 is 23.6 Å². The van der Waals surface area contributed by atoms with Crippen LogP contribution in [0.25, 0.3) is 0 Å². The molecule has 7 nitrogen and oxygen atoms in total. The van der Waals surface area contributed by atoms with Crippen LogP contribution in [0.1, 0.15) is 11.3 Å². The number of hydrogen-bond donors (Lipinski definition) is 0. The van der Waals surface area contributed by atoms with Crippen LogP contribution in [-0.4, -0.2) is 57.8 Å². The largest absolute Gasteiger partial charge is 0.378 e. The van der Waals surface area contributed by atoms with Gasteiger partial charge in [-0.1, -0.05) is 0 Å². The van der Waals surface area contributed by atoms with Crippen LogP contribution in [-0.2, 0) is 22.6 Å². The van der Waals surface area contributed by atoms with Gasteiger partial charge in [0.15, 0.2) is 0 Å². The number of pyridine rings is 1. The molecule has 4 rings (SSSR count). The Balaban J connectivity index is 1.38. The molecule has 4 heterocycles. The second kappa shape index (κ2) is 7.37. The monoisotopic (exact) mass is 357 g/mol. The van der Waals surface area contributed by atoms with E-state index in [1.807, 2.05) is 23.2 Å². The fourth-order valence-electron chi connectivity index (χ4n) is 2.91. The lowest BCUT2D eigenvalue weighted by Crippen LogP contribution is -2.37. The Morgan fingerprint density at radius 1 is 1.20 bits per heavy atom. The molecule has 2 aliphatic rings. The van der Waals surface area contributed by atoms with Crippen molar-refractivity contribution in [3.05, 3.63) is 42.0 Å². The van der Waals surface area contributed by atoms with Gasteiger partial charge in [-0.15, -0.1) is 11.8 Å². The fourth-order valence-corrected chi connectivity index (χ4v) is 3.69. The molecule has 0 unspecified atom stereocenters. The van der Waals surface area contributed by atoms with Crippen molar-refractivity contribution in [1.29, 1.82) is 0 Å². The smallest absolute Gasteiger partial charge is 0.233 e. The summed E-state index contributed by atoms with van der Waals surface area (Å²) in [6, 6.07) is 3.83. The van der Waals surface area contributed by atoms with Gasteiger partial charge in [-0.05, 0) is 12.1 Å². The summed E-state index contributed by atoms with van der Waals surface area (Å²) in [4.78, 5) is 30.7. The Kier molecular flexibility index (Phi) is 4.80. The van der Waals surface area contributed by atoms with Gasteiger partial charge >= 0.3 is 0 Å². The zero-order valence-corrected chi connectivity index (χ0v) is 14.6. The lowest BCUT2D eigenvalue weighted by Gasteiger charge is -2.26. The highest BCUT2D eigenvalue weighted by atomic mass is 32.2. The van der Waals surface area contributed by atoms with E-state index in [-0.39, 0.29) is 5.91 Å². The zero-order chi connectivity index (χ0) is 17.1. The molecule has 0 radical (unpaired) electrons. The minimum atomic E-state index is 0.118. The normalized spacial score (nSPS) is 16.8. The van der Waals surface area contributed by atoms with Gasteiger partial charge < -0.3 is 14.5 Å². The molecule has 25 heavy (non-hydrogen) atoms. The molecule has 2 aromatic heterocycles. The van der Waals surface area contributed by atoms with Crippen molar-refractivity contribution in [3.63, 3.8) is 0 Å². The van der Waals surface area contributed by atoms with Crippen molar-refractivity contribution in [2.75, 3.05) is 37.0 Å². The van der Waals surface area contributed by atoms with E-state index >= 15 is 0 Å². The van der Waals surface area contributed by atoms with Crippen LogP contribution in [0.4, 0.5) is 5.95 Å². The summed E-state index contributed by atoms with van der Waals surface area (Å²) >= 11 is 1.53. The number of rotatable bonds is 4. The SMILES string of the molecule is O=C(CSc1ccncc1)N1Cc2cnc(N3CCOCC3)nc2C1. The second-order valence-electron chi connectivity index (χ2n) is 5.96. The second-order valence-corrected chi connectivity index (χ2v) is 7.01. The molecule has 1 amide bonds. The number of morpholine rings is 1. The maximum atomic E-state index is 12.5. The summed E-state index contributed by atoms with van der Waals surface area (Å²) in [6.45, 7) is 4.18. The highest BCUT2D eigenvalue weighted by molar-refractivity contribution is 8.00. The third-order valence-corrected chi connectivity index (χ3v) is 5.30. The predicted molar refractivity (Wildman–Crippen MR) is 94.3 cm³/mol. The number of nitrogens with zero attached hydrogens (tertiary/aromatic N) is 5. The first kappa shape index (κ1) is 16.3. The number of fused-ring (bicyclic) bond motifs is 1. The van der Waals surface area contributed by atoms with Gasteiger partial charge in [-0.2, -0.15) is 0 Å². The molecular formula is C17H19N5O2S. The first-order valence-electron chi connectivity index (χ1n) is 8.28. The predicted octanol–water partition coefficient (Wildman–Crippen LogP) is 1.34. The molecule has 2 aliphatic heterocycles. The molecule has 0 spiro atoms. The number of ether oxygens (including phenoxy) is 1. The van der Waals surface area contributed by atoms with Crippen LogP contribution < -0.4 is 4.90 Å². The Morgan fingerprint density at radius 3 is 2.80 bits per heavy atom. The molecular weight excluding hydrogens is 338 g/mol. The highest BCUT2D eigenvalue weighted by Gasteiger charge is 2.26. The van der Waals surface area contributed by atoms with E-state index in [4.69, 9.17) is 4.74 Å². The Hall–Kier alpha value is -2.19. The lowest BCUT2D eigenvalue weighted by molar-refractivity contribution is -0.128. The van der Waals surface area contributed by atoms with Gasteiger partial charge in [-0.25, -0.2) is 9.97 Å². The summed E-state index contributed by atoms with van der Waals surface area (Å²) in [5.74, 6) is 1.28. The summed E-state index contributed by atoms with van der Waals surface area (Å²) < 4.78 is 5.37. The maximum Gasteiger partial charge on any atom is 0.233 e. The Bertz CT molecular complexity index is 752. The lowest BCUT2D eigenvalue weighted by atomic mass is 10.3. The zero-order valence-electron chi connectivity index (χ0n) is 13.8. The van der Waals surface area contributed by atoms with Gasteiger partial charge in [-0.3, -0.25) is 9.78 Å². The quantitative estimate of drug-likeness (QED) is 0.765. The average Bonchev–Trinajstić information content (AvgIpc) is 3.11. The van der Waals surface area contributed by atoms with Gasteiger partial charge in [0, 0.05) is 48.7 Å². The number of hydrogen-bond acceptors (Lipinski definition) is 7.